The van der Waals surface area contributed by atoms with Crippen molar-refractivity contribution in [3.05, 3.63) is 15.8 Å². The molecule has 0 radical (unpaired) electrons. The van der Waals surface area contributed by atoms with E-state index >= 15 is 0 Å². The first-order chi connectivity index (χ1) is 9.36. The van der Waals surface area contributed by atoms with Gasteiger partial charge in [0, 0.05) is 24.6 Å². The molecule has 8 heteroatoms. The molecule has 0 bridgehead atoms. The quantitative estimate of drug-likeness (QED) is 0.868. The summed E-state index contributed by atoms with van der Waals surface area (Å²) in [5, 5.41) is 18.1. The fraction of sp³-hybridized carbons (Fsp3) is 0.583. The third-order valence-corrected chi connectivity index (χ3v) is 6.60. The highest BCUT2D eigenvalue weighted by molar-refractivity contribution is 7.89. The molecule has 2 N–H and O–H groups in total. The number of aliphatic hydroxyl groups is 1. The van der Waals surface area contributed by atoms with Crippen molar-refractivity contribution in [3.63, 3.8) is 0 Å². The van der Waals surface area contributed by atoms with E-state index < -0.39 is 16.0 Å². The van der Waals surface area contributed by atoms with Crippen molar-refractivity contribution in [3.8, 4) is 0 Å². The van der Waals surface area contributed by atoms with Gasteiger partial charge in [0.2, 0.25) is 10.0 Å². The largest absolute Gasteiger partial charge is 0.477 e. The van der Waals surface area contributed by atoms with E-state index in [9.17, 15) is 18.3 Å². The van der Waals surface area contributed by atoms with Gasteiger partial charge in [-0.25, -0.2) is 13.2 Å². The van der Waals surface area contributed by atoms with Crippen LogP contribution in [0.1, 0.15) is 27.4 Å². The van der Waals surface area contributed by atoms with Crippen molar-refractivity contribution in [1.82, 2.24) is 4.31 Å². The number of nitrogens with zero attached hydrogens (tertiary/aromatic N) is 1. The summed E-state index contributed by atoms with van der Waals surface area (Å²) in [5.41, 5.74) is 0. The average Bonchev–Trinajstić information content (AvgIpc) is 2.82. The normalized spacial score (nSPS) is 21.0. The summed E-state index contributed by atoms with van der Waals surface area (Å²) in [6, 6.07) is 1.22. The molecule has 1 aliphatic heterocycles. The van der Waals surface area contributed by atoms with Crippen LogP contribution >= 0.6 is 11.3 Å². The van der Waals surface area contributed by atoms with E-state index in [4.69, 9.17) is 5.11 Å². The van der Waals surface area contributed by atoms with Crippen LogP contribution in [0.15, 0.2) is 11.0 Å². The molecule has 0 spiro atoms. The van der Waals surface area contributed by atoms with Crippen LogP contribution in [-0.4, -0.2) is 48.6 Å². The minimum atomic E-state index is -3.68. The second kappa shape index (κ2) is 5.80. The number of aliphatic hydroxyl groups excluding tert-OH is 1. The van der Waals surface area contributed by atoms with Gasteiger partial charge in [-0.3, -0.25) is 0 Å². The molecular weight excluding hydrogens is 302 g/mol. The minimum Gasteiger partial charge on any atom is -0.477 e. The second-order valence-corrected chi connectivity index (χ2v) is 8.05. The Balaban J connectivity index is 2.32. The Hall–Kier alpha value is -0.960. The molecule has 1 aromatic heterocycles. The van der Waals surface area contributed by atoms with Crippen LogP contribution in [-0.2, 0) is 10.0 Å². The topological polar surface area (TPSA) is 94.9 Å². The van der Waals surface area contributed by atoms with E-state index in [2.05, 4.69) is 0 Å². The van der Waals surface area contributed by atoms with Crippen molar-refractivity contribution >= 4 is 27.3 Å². The maximum atomic E-state index is 12.6. The number of hydrogen-bond acceptors (Lipinski definition) is 5. The molecule has 0 saturated carbocycles. The second-order valence-electron chi connectivity index (χ2n) is 4.89. The number of carboxylic acids is 1. The summed E-state index contributed by atoms with van der Waals surface area (Å²) in [5.74, 6) is -1.16. The summed E-state index contributed by atoms with van der Waals surface area (Å²) >= 11 is 0.965. The summed E-state index contributed by atoms with van der Waals surface area (Å²) in [6.07, 6.45) is 1.52. The van der Waals surface area contributed by atoms with Crippen molar-refractivity contribution in [2.24, 2.45) is 5.92 Å². The smallest absolute Gasteiger partial charge is 0.345 e. The van der Waals surface area contributed by atoms with E-state index in [1.807, 2.05) is 0 Å². The molecule has 20 heavy (non-hydrogen) atoms. The Morgan fingerprint density at radius 2 is 2.25 bits per heavy atom. The van der Waals surface area contributed by atoms with E-state index in [1.165, 1.54) is 10.4 Å². The molecule has 2 rings (SSSR count). The van der Waals surface area contributed by atoms with Crippen LogP contribution in [0.3, 0.4) is 0 Å². The van der Waals surface area contributed by atoms with Gasteiger partial charge in [-0.2, -0.15) is 4.31 Å². The highest BCUT2D eigenvalue weighted by atomic mass is 32.2. The average molecular weight is 319 g/mol. The fourth-order valence-corrected chi connectivity index (χ4v) is 5.31. The minimum absolute atomic E-state index is 0.0248. The number of piperidine rings is 1. The van der Waals surface area contributed by atoms with Crippen molar-refractivity contribution in [2.75, 3.05) is 19.7 Å². The SMILES string of the molecule is Cc1sc(C(=O)O)cc1S(=O)(=O)N1CCCC(CO)C1. The molecule has 0 aliphatic carbocycles. The predicted octanol–water partition coefficient (Wildman–Crippen LogP) is 1.15. The summed E-state index contributed by atoms with van der Waals surface area (Å²) in [4.78, 5) is 11.5. The molecule has 1 aliphatic rings. The van der Waals surface area contributed by atoms with Crippen LogP contribution in [0.5, 0.6) is 0 Å². The van der Waals surface area contributed by atoms with E-state index in [0.717, 1.165) is 17.8 Å². The third kappa shape index (κ3) is 2.88. The lowest BCUT2D eigenvalue weighted by Crippen LogP contribution is -2.40. The van der Waals surface area contributed by atoms with Crippen LogP contribution in [0.25, 0.3) is 0 Å². The molecule has 1 unspecified atom stereocenters. The highest BCUT2D eigenvalue weighted by Gasteiger charge is 2.32. The Kier molecular flexibility index (Phi) is 4.48. The highest BCUT2D eigenvalue weighted by Crippen LogP contribution is 2.30. The summed E-state index contributed by atoms with van der Waals surface area (Å²) in [7, 11) is -3.68. The van der Waals surface area contributed by atoms with Gasteiger partial charge < -0.3 is 10.2 Å². The number of carboxylic acid groups (broad SMARTS) is 1. The molecule has 1 fully saturated rings. The molecule has 0 amide bonds. The van der Waals surface area contributed by atoms with Gasteiger partial charge in [0.05, 0.1) is 4.90 Å². The molecular formula is C12H17NO5S2. The van der Waals surface area contributed by atoms with E-state index in [-0.39, 0.29) is 28.8 Å². The van der Waals surface area contributed by atoms with Gasteiger partial charge in [0.1, 0.15) is 4.88 Å². The Bertz CT molecular complexity index is 607. The van der Waals surface area contributed by atoms with Gasteiger partial charge >= 0.3 is 5.97 Å². The van der Waals surface area contributed by atoms with Gasteiger partial charge in [-0.15, -0.1) is 11.3 Å². The molecule has 1 aromatic rings. The zero-order valence-electron chi connectivity index (χ0n) is 11.1. The predicted molar refractivity (Wildman–Crippen MR) is 74.6 cm³/mol. The first kappa shape index (κ1) is 15.4. The van der Waals surface area contributed by atoms with Crippen molar-refractivity contribution < 1.29 is 23.4 Å². The number of sulfonamides is 1. The number of carbonyl (C=O) groups is 1. The van der Waals surface area contributed by atoms with Crippen LogP contribution in [0.2, 0.25) is 0 Å². The fourth-order valence-electron chi connectivity index (χ4n) is 2.36. The number of hydrogen-bond donors (Lipinski definition) is 2. The molecule has 0 aromatic carbocycles. The van der Waals surface area contributed by atoms with Gasteiger partial charge in [0.25, 0.3) is 0 Å². The van der Waals surface area contributed by atoms with Gasteiger partial charge in [-0.1, -0.05) is 0 Å². The van der Waals surface area contributed by atoms with Crippen LogP contribution in [0.4, 0.5) is 0 Å². The Morgan fingerprint density at radius 3 is 2.80 bits per heavy atom. The van der Waals surface area contributed by atoms with Gasteiger partial charge in [0.15, 0.2) is 0 Å². The Morgan fingerprint density at radius 1 is 1.55 bits per heavy atom. The maximum Gasteiger partial charge on any atom is 0.345 e. The zero-order valence-corrected chi connectivity index (χ0v) is 12.7. The molecule has 1 saturated heterocycles. The number of aryl methyl sites for hydroxylation is 1. The number of aromatic carboxylic acids is 1. The number of rotatable bonds is 4. The first-order valence-electron chi connectivity index (χ1n) is 6.31. The lowest BCUT2D eigenvalue weighted by Gasteiger charge is -2.30. The molecule has 112 valence electrons. The Labute approximate surface area is 121 Å². The van der Waals surface area contributed by atoms with E-state index in [0.29, 0.717) is 17.8 Å². The lowest BCUT2D eigenvalue weighted by atomic mass is 10.0. The maximum absolute atomic E-state index is 12.6. The molecule has 2 heterocycles. The standard InChI is InChI=1S/C12H17NO5S2/c1-8-11(5-10(19-8)12(15)16)20(17,18)13-4-2-3-9(6-13)7-14/h5,9,14H,2-4,6-7H2,1H3,(H,15,16). The van der Waals surface area contributed by atoms with Crippen molar-refractivity contribution in [2.45, 2.75) is 24.7 Å². The molecule has 1 atom stereocenters. The lowest BCUT2D eigenvalue weighted by molar-refractivity contribution is 0.0702. The van der Waals surface area contributed by atoms with Gasteiger partial charge in [-0.05, 0) is 31.7 Å². The van der Waals surface area contributed by atoms with E-state index in [1.54, 1.807) is 6.92 Å². The first-order valence-corrected chi connectivity index (χ1v) is 8.56. The third-order valence-electron chi connectivity index (χ3n) is 3.44. The number of thiophene rings is 1. The zero-order chi connectivity index (χ0) is 14.9. The van der Waals surface area contributed by atoms with Crippen LogP contribution < -0.4 is 0 Å². The summed E-state index contributed by atoms with van der Waals surface area (Å²) in [6.45, 7) is 2.28. The summed E-state index contributed by atoms with van der Waals surface area (Å²) < 4.78 is 26.5. The van der Waals surface area contributed by atoms with Crippen molar-refractivity contribution in [1.29, 1.82) is 0 Å². The molecule has 6 nitrogen and oxygen atoms in total. The monoisotopic (exact) mass is 319 g/mol. The van der Waals surface area contributed by atoms with Crippen LogP contribution in [0, 0.1) is 12.8 Å².